The van der Waals surface area contributed by atoms with Crippen LogP contribution in [0.2, 0.25) is 0 Å². The van der Waals surface area contributed by atoms with Crippen molar-refractivity contribution in [2.45, 2.75) is 38.8 Å². The van der Waals surface area contributed by atoms with Gasteiger partial charge in [0.25, 0.3) is 0 Å². The lowest BCUT2D eigenvalue weighted by atomic mass is 10.0. The molecule has 1 aliphatic rings. The summed E-state index contributed by atoms with van der Waals surface area (Å²) in [5, 5.41) is 3.60. The van der Waals surface area contributed by atoms with E-state index in [1.807, 2.05) is 18.2 Å². The van der Waals surface area contributed by atoms with Crippen LogP contribution in [-0.2, 0) is 0 Å². The third-order valence-electron chi connectivity index (χ3n) is 4.03. The molecule has 0 radical (unpaired) electrons. The Morgan fingerprint density at radius 3 is 2.40 bits per heavy atom. The number of nitrogens with zero attached hydrogens (tertiary/aromatic N) is 1. The van der Waals surface area contributed by atoms with E-state index >= 15 is 0 Å². The summed E-state index contributed by atoms with van der Waals surface area (Å²) < 4.78 is 10.7. The lowest BCUT2D eigenvalue weighted by Crippen LogP contribution is -2.42. The van der Waals surface area contributed by atoms with E-state index in [9.17, 15) is 0 Å². The summed E-state index contributed by atoms with van der Waals surface area (Å²) in [5.41, 5.74) is 1.05. The van der Waals surface area contributed by atoms with Crippen molar-refractivity contribution in [2.24, 2.45) is 0 Å². The van der Waals surface area contributed by atoms with Gasteiger partial charge in [0.1, 0.15) is 11.5 Å². The predicted octanol–water partition coefficient (Wildman–Crippen LogP) is 2.99. The highest BCUT2D eigenvalue weighted by atomic mass is 16.5. The SMILES string of the molecule is COc1ccc(NC2CCN(C(C)C)CC2)c(OC)c1. The molecule has 1 N–H and O–H groups in total. The molecule has 0 spiro atoms. The Balaban J connectivity index is 1.97. The molecule has 1 aromatic carbocycles. The Hall–Kier alpha value is -1.42. The van der Waals surface area contributed by atoms with Gasteiger partial charge in [-0.15, -0.1) is 0 Å². The van der Waals surface area contributed by atoms with Gasteiger partial charge in [-0.3, -0.25) is 0 Å². The fraction of sp³-hybridized carbons (Fsp3) is 0.625. The van der Waals surface area contributed by atoms with Crippen LogP contribution in [0.4, 0.5) is 5.69 Å². The molecular weight excluding hydrogens is 252 g/mol. The first kappa shape index (κ1) is 15.0. The number of ether oxygens (including phenoxy) is 2. The van der Waals surface area contributed by atoms with Crippen LogP contribution in [0.5, 0.6) is 11.5 Å². The number of anilines is 1. The molecule has 0 atom stereocenters. The fourth-order valence-corrected chi connectivity index (χ4v) is 2.70. The predicted molar refractivity (Wildman–Crippen MR) is 82.9 cm³/mol. The minimum atomic E-state index is 0.521. The molecule has 0 saturated carbocycles. The molecule has 1 saturated heterocycles. The van der Waals surface area contributed by atoms with Gasteiger partial charge in [-0.2, -0.15) is 0 Å². The Morgan fingerprint density at radius 2 is 1.85 bits per heavy atom. The summed E-state index contributed by atoms with van der Waals surface area (Å²) in [6.45, 7) is 6.85. The number of nitrogens with one attached hydrogen (secondary N) is 1. The molecule has 0 bridgehead atoms. The zero-order valence-corrected chi connectivity index (χ0v) is 13.0. The maximum absolute atomic E-state index is 5.44. The quantitative estimate of drug-likeness (QED) is 0.898. The number of rotatable bonds is 5. The van der Waals surface area contributed by atoms with Gasteiger partial charge in [0.2, 0.25) is 0 Å². The number of piperidine rings is 1. The summed E-state index contributed by atoms with van der Waals surface area (Å²) in [6, 6.07) is 7.09. The van der Waals surface area contributed by atoms with Crippen molar-refractivity contribution in [3.05, 3.63) is 18.2 Å². The zero-order valence-electron chi connectivity index (χ0n) is 13.0. The van der Waals surface area contributed by atoms with Crippen LogP contribution in [0.25, 0.3) is 0 Å². The molecule has 4 nitrogen and oxygen atoms in total. The highest BCUT2D eigenvalue weighted by molar-refractivity contribution is 5.59. The van der Waals surface area contributed by atoms with E-state index in [0.29, 0.717) is 12.1 Å². The highest BCUT2D eigenvalue weighted by Crippen LogP contribution is 2.30. The number of likely N-dealkylation sites (tertiary alicyclic amines) is 1. The standard InChI is InChI=1S/C16H26N2O2/c1-12(2)18-9-7-13(8-10-18)17-15-6-5-14(19-3)11-16(15)20-4/h5-6,11-13,17H,7-10H2,1-4H3. The lowest BCUT2D eigenvalue weighted by molar-refractivity contribution is 0.177. The maximum Gasteiger partial charge on any atom is 0.145 e. The maximum atomic E-state index is 5.44. The summed E-state index contributed by atoms with van der Waals surface area (Å²) in [7, 11) is 3.37. The summed E-state index contributed by atoms with van der Waals surface area (Å²) in [6.07, 6.45) is 2.35. The molecule has 0 aliphatic carbocycles. The number of benzene rings is 1. The largest absolute Gasteiger partial charge is 0.497 e. The minimum Gasteiger partial charge on any atom is -0.497 e. The van der Waals surface area contributed by atoms with E-state index in [-0.39, 0.29) is 0 Å². The van der Waals surface area contributed by atoms with Crippen LogP contribution in [0.1, 0.15) is 26.7 Å². The topological polar surface area (TPSA) is 33.7 Å². The number of methoxy groups -OCH3 is 2. The van der Waals surface area contributed by atoms with Gasteiger partial charge in [-0.1, -0.05) is 0 Å². The number of hydrogen-bond donors (Lipinski definition) is 1. The first-order valence-electron chi connectivity index (χ1n) is 7.36. The van der Waals surface area contributed by atoms with Crippen LogP contribution < -0.4 is 14.8 Å². The molecule has 20 heavy (non-hydrogen) atoms. The van der Waals surface area contributed by atoms with E-state index in [0.717, 1.165) is 30.3 Å². The molecule has 1 aliphatic heterocycles. The first-order chi connectivity index (χ1) is 9.63. The van der Waals surface area contributed by atoms with Gasteiger partial charge in [-0.05, 0) is 38.8 Å². The molecule has 1 heterocycles. The van der Waals surface area contributed by atoms with Crippen molar-refractivity contribution in [3.63, 3.8) is 0 Å². The fourth-order valence-electron chi connectivity index (χ4n) is 2.70. The lowest BCUT2D eigenvalue weighted by Gasteiger charge is -2.35. The van der Waals surface area contributed by atoms with Crippen LogP contribution in [0.15, 0.2) is 18.2 Å². The molecule has 112 valence electrons. The molecule has 0 unspecified atom stereocenters. The van der Waals surface area contributed by atoms with E-state index in [2.05, 4.69) is 24.1 Å². The van der Waals surface area contributed by atoms with Gasteiger partial charge >= 0.3 is 0 Å². The van der Waals surface area contributed by atoms with Gasteiger partial charge in [0.05, 0.1) is 19.9 Å². The second-order valence-corrected chi connectivity index (χ2v) is 5.61. The summed E-state index contributed by atoms with van der Waals surface area (Å²) in [5.74, 6) is 1.66. The van der Waals surface area contributed by atoms with Crippen LogP contribution >= 0.6 is 0 Å². The molecule has 0 aromatic heterocycles. The molecular formula is C16H26N2O2. The number of hydrogen-bond acceptors (Lipinski definition) is 4. The van der Waals surface area contributed by atoms with Gasteiger partial charge in [0, 0.05) is 31.2 Å². The second kappa shape index (κ2) is 6.84. The normalized spacial score (nSPS) is 17.2. The third-order valence-corrected chi connectivity index (χ3v) is 4.03. The van der Waals surface area contributed by atoms with Gasteiger partial charge in [-0.25, -0.2) is 0 Å². The molecule has 4 heteroatoms. The molecule has 1 fully saturated rings. The average molecular weight is 278 g/mol. The van der Waals surface area contributed by atoms with Crippen LogP contribution in [0.3, 0.4) is 0 Å². The van der Waals surface area contributed by atoms with Crippen molar-refractivity contribution in [1.29, 1.82) is 0 Å². The minimum absolute atomic E-state index is 0.521. The monoisotopic (exact) mass is 278 g/mol. The first-order valence-corrected chi connectivity index (χ1v) is 7.36. The Kier molecular flexibility index (Phi) is 5.12. The van der Waals surface area contributed by atoms with Gasteiger partial charge < -0.3 is 19.7 Å². The van der Waals surface area contributed by atoms with E-state index in [1.54, 1.807) is 14.2 Å². The Labute approximate surface area is 122 Å². The van der Waals surface area contributed by atoms with Crippen molar-refractivity contribution < 1.29 is 9.47 Å². The van der Waals surface area contributed by atoms with Crippen molar-refractivity contribution in [2.75, 3.05) is 32.6 Å². The van der Waals surface area contributed by atoms with Crippen LogP contribution in [-0.4, -0.2) is 44.3 Å². The van der Waals surface area contributed by atoms with Crippen molar-refractivity contribution in [1.82, 2.24) is 4.90 Å². The van der Waals surface area contributed by atoms with E-state index in [4.69, 9.17) is 9.47 Å². The highest BCUT2D eigenvalue weighted by Gasteiger charge is 2.21. The van der Waals surface area contributed by atoms with E-state index < -0.39 is 0 Å². The average Bonchev–Trinajstić information content (AvgIpc) is 2.48. The Bertz CT molecular complexity index is 426. The smallest absolute Gasteiger partial charge is 0.145 e. The molecule has 1 aromatic rings. The summed E-state index contributed by atoms with van der Waals surface area (Å²) in [4.78, 5) is 2.53. The van der Waals surface area contributed by atoms with Gasteiger partial charge in [0.15, 0.2) is 0 Å². The zero-order chi connectivity index (χ0) is 14.5. The third kappa shape index (κ3) is 3.57. The second-order valence-electron chi connectivity index (χ2n) is 5.61. The van der Waals surface area contributed by atoms with Crippen molar-refractivity contribution >= 4 is 5.69 Å². The molecule has 0 amide bonds. The molecule has 2 rings (SSSR count). The summed E-state index contributed by atoms with van der Waals surface area (Å²) >= 11 is 0. The van der Waals surface area contributed by atoms with Crippen molar-refractivity contribution in [3.8, 4) is 11.5 Å². The Morgan fingerprint density at radius 1 is 1.15 bits per heavy atom. The van der Waals surface area contributed by atoms with E-state index in [1.165, 1.54) is 12.8 Å². The van der Waals surface area contributed by atoms with Crippen LogP contribution in [0, 0.1) is 0 Å².